The molecule has 0 aliphatic carbocycles. The number of nitrogens with zero attached hydrogens (tertiary/aromatic N) is 3. The molecule has 36 heavy (non-hydrogen) atoms. The lowest BCUT2D eigenvalue weighted by atomic mass is 9.93. The summed E-state index contributed by atoms with van der Waals surface area (Å²) in [5.74, 6) is -1.37. The Balaban J connectivity index is 1.53. The van der Waals surface area contributed by atoms with Crippen LogP contribution >= 0.6 is 11.3 Å². The summed E-state index contributed by atoms with van der Waals surface area (Å²) < 4.78 is 1.02. The Hall–Kier alpha value is -4.25. The van der Waals surface area contributed by atoms with Crippen LogP contribution in [0.3, 0.4) is 0 Å². The molecule has 1 aromatic heterocycles. The molecule has 1 aliphatic rings. The number of thiophene rings is 1. The molecule has 0 radical (unpaired) electrons. The van der Waals surface area contributed by atoms with E-state index in [-0.39, 0.29) is 29.4 Å². The smallest absolute Gasteiger partial charge is 0.335 e. The molecule has 0 saturated carbocycles. The topological polar surface area (TPSA) is 133 Å². The van der Waals surface area contributed by atoms with Crippen molar-refractivity contribution in [3.8, 4) is 0 Å². The van der Waals surface area contributed by atoms with Gasteiger partial charge < -0.3 is 20.2 Å². The second-order valence-corrected chi connectivity index (χ2v) is 9.53. The molecule has 2 N–H and O–H groups in total. The summed E-state index contributed by atoms with van der Waals surface area (Å²) in [6.07, 6.45) is 0.373. The molecule has 2 aromatic carbocycles. The fraction of sp³-hybridized carbons (Fsp3) is 0.240. The van der Waals surface area contributed by atoms with Gasteiger partial charge in [0, 0.05) is 42.7 Å². The number of hydrogen-bond acceptors (Lipinski definition) is 6. The Kier molecular flexibility index (Phi) is 7.02. The Morgan fingerprint density at radius 1 is 1.19 bits per heavy atom. The zero-order valence-electron chi connectivity index (χ0n) is 19.6. The van der Waals surface area contributed by atoms with Gasteiger partial charge >= 0.3 is 12.0 Å². The van der Waals surface area contributed by atoms with Crippen LogP contribution in [0.1, 0.15) is 34.6 Å². The van der Waals surface area contributed by atoms with Crippen molar-refractivity contribution in [3.05, 3.63) is 86.4 Å². The molecule has 11 heteroatoms. The standard InChI is InChI=1S/C25H24N4O6S/c1-15-21(24(31)32)22(17-8-5-9-18(13-17)29(34)35)28(25(33)26-15)12-6-11-27(2)23(30)20-14-16-7-3-4-10-19(16)36-20/h3-5,7-10,13-14,22H,6,11-12H2,1-2H3,(H,26,33)(H,31,32). The van der Waals surface area contributed by atoms with Crippen LogP contribution in [0, 0.1) is 10.1 Å². The number of rotatable bonds is 8. The van der Waals surface area contributed by atoms with Crippen LogP contribution < -0.4 is 5.32 Å². The van der Waals surface area contributed by atoms with E-state index in [1.807, 2.05) is 30.3 Å². The molecule has 186 valence electrons. The average Bonchev–Trinajstić information content (AvgIpc) is 3.28. The Bertz CT molecular complexity index is 1360. The highest BCUT2D eigenvalue weighted by Crippen LogP contribution is 2.35. The molecule has 10 nitrogen and oxygen atoms in total. The summed E-state index contributed by atoms with van der Waals surface area (Å²) in [5, 5.41) is 24.7. The molecule has 2 heterocycles. The number of non-ortho nitro benzene ring substituents is 1. The molecule has 1 aliphatic heterocycles. The third-order valence-electron chi connectivity index (χ3n) is 6.05. The quantitative estimate of drug-likeness (QED) is 0.342. The van der Waals surface area contributed by atoms with Crippen LogP contribution in [-0.4, -0.2) is 57.9 Å². The fourth-order valence-electron chi connectivity index (χ4n) is 4.30. The Labute approximate surface area is 210 Å². The van der Waals surface area contributed by atoms with Crippen molar-refractivity contribution >= 4 is 45.0 Å². The highest BCUT2D eigenvalue weighted by atomic mass is 32.1. The van der Waals surface area contributed by atoms with E-state index in [0.717, 1.165) is 10.1 Å². The number of amides is 3. The maximum absolute atomic E-state index is 12.9. The molecule has 0 bridgehead atoms. The minimum atomic E-state index is -1.23. The number of carbonyl (C=O) groups excluding carboxylic acids is 2. The fourth-order valence-corrected chi connectivity index (χ4v) is 5.35. The number of aliphatic carboxylic acids is 1. The number of urea groups is 1. The molecule has 3 amide bonds. The summed E-state index contributed by atoms with van der Waals surface area (Å²) >= 11 is 1.41. The third-order valence-corrected chi connectivity index (χ3v) is 7.15. The number of allylic oxidation sites excluding steroid dienone is 1. The summed E-state index contributed by atoms with van der Waals surface area (Å²) in [6, 6.07) is 13.7. The zero-order valence-corrected chi connectivity index (χ0v) is 20.4. The Morgan fingerprint density at radius 3 is 2.64 bits per heavy atom. The summed E-state index contributed by atoms with van der Waals surface area (Å²) in [7, 11) is 1.67. The van der Waals surface area contributed by atoms with E-state index in [0.29, 0.717) is 23.4 Å². The first-order valence-corrected chi connectivity index (χ1v) is 12.0. The first-order chi connectivity index (χ1) is 17.2. The van der Waals surface area contributed by atoms with E-state index < -0.39 is 23.0 Å². The monoisotopic (exact) mass is 508 g/mol. The number of hydrogen-bond donors (Lipinski definition) is 2. The van der Waals surface area contributed by atoms with Gasteiger partial charge in [0.15, 0.2) is 0 Å². The van der Waals surface area contributed by atoms with E-state index in [9.17, 15) is 29.6 Å². The van der Waals surface area contributed by atoms with E-state index in [2.05, 4.69) is 5.32 Å². The predicted molar refractivity (Wildman–Crippen MR) is 135 cm³/mol. The number of fused-ring (bicyclic) bond motifs is 1. The number of nitro groups is 1. The molecule has 3 aromatic rings. The molecular weight excluding hydrogens is 484 g/mol. The molecule has 0 spiro atoms. The van der Waals surface area contributed by atoms with Crippen molar-refractivity contribution in [2.45, 2.75) is 19.4 Å². The number of carboxylic acid groups (broad SMARTS) is 1. The Morgan fingerprint density at radius 2 is 1.94 bits per heavy atom. The van der Waals surface area contributed by atoms with Gasteiger partial charge in [-0.05, 0) is 36.4 Å². The van der Waals surface area contributed by atoms with E-state index >= 15 is 0 Å². The number of carbonyl (C=O) groups is 3. The van der Waals surface area contributed by atoms with Crippen LogP contribution in [0.25, 0.3) is 10.1 Å². The molecule has 0 saturated heterocycles. The van der Waals surface area contributed by atoms with Crippen LogP contribution in [-0.2, 0) is 4.79 Å². The van der Waals surface area contributed by atoms with E-state index in [1.54, 1.807) is 18.0 Å². The van der Waals surface area contributed by atoms with Crippen molar-refractivity contribution < 1.29 is 24.4 Å². The highest BCUT2D eigenvalue weighted by molar-refractivity contribution is 7.20. The van der Waals surface area contributed by atoms with Crippen molar-refractivity contribution in [2.24, 2.45) is 0 Å². The summed E-state index contributed by atoms with van der Waals surface area (Å²) in [5.41, 5.74) is 0.238. The van der Waals surface area contributed by atoms with Gasteiger partial charge in [0.05, 0.1) is 21.4 Å². The molecule has 1 atom stereocenters. The van der Waals surface area contributed by atoms with Gasteiger partial charge in [-0.25, -0.2) is 9.59 Å². The van der Waals surface area contributed by atoms with Gasteiger partial charge in [-0.1, -0.05) is 30.3 Å². The first-order valence-electron chi connectivity index (χ1n) is 11.2. The van der Waals surface area contributed by atoms with Crippen LogP contribution in [0.5, 0.6) is 0 Å². The second kappa shape index (κ2) is 10.2. The minimum Gasteiger partial charge on any atom is -0.478 e. The SMILES string of the molecule is CC1=C(C(=O)O)C(c2cccc([N+](=O)[O-])c2)N(CCCN(C)C(=O)c2cc3ccccc3s2)C(=O)N1. The number of nitro benzene ring substituents is 1. The molecule has 1 unspecified atom stereocenters. The second-order valence-electron chi connectivity index (χ2n) is 8.45. The maximum Gasteiger partial charge on any atom is 0.335 e. The van der Waals surface area contributed by atoms with E-state index in [4.69, 9.17) is 0 Å². The van der Waals surface area contributed by atoms with Crippen molar-refractivity contribution in [2.75, 3.05) is 20.1 Å². The number of benzene rings is 2. The van der Waals surface area contributed by atoms with Gasteiger partial charge in [0.2, 0.25) is 0 Å². The molecular formula is C25H24N4O6S. The van der Waals surface area contributed by atoms with Crippen LogP contribution in [0.15, 0.2) is 65.9 Å². The number of nitrogens with one attached hydrogen (secondary N) is 1. The van der Waals surface area contributed by atoms with Crippen molar-refractivity contribution in [1.82, 2.24) is 15.1 Å². The van der Waals surface area contributed by atoms with Crippen molar-refractivity contribution in [1.29, 1.82) is 0 Å². The lowest BCUT2D eigenvalue weighted by Crippen LogP contribution is -2.49. The zero-order chi connectivity index (χ0) is 26.0. The lowest BCUT2D eigenvalue weighted by Gasteiger charge is -2.37. The third kappa shape index (κ3) is 4.91. The maximum atomic E-state index is 12.9. The van der Waals surface area contributed by atoms with Gasteiger partial charge in [0.25, 0.3) is 11.6 Å². The van der Waals surface area contributed by atoms with Crippen LogP contribution in [0.4, 0.5) is 10.5 Å². The normalized spacial score (nSPS) is 15.7. The average molecular weight is 509 g/mol. The minimum absolute atomic E-state index is 0.0650. The van der Waals surface area contributed by atoms with Crippen molar-refractivity contribution in [3.63, 3.8) is 0 Å². The molecule has 4 rings (SSSR count). The van der Waals surface area contributed by atoms with Gasteiger partial charge in [-0.3, -0.25) is 14.9 Å². The summed E-state index contributed by atoms with van der Waals surface area (Å²) in [6.45, 7) is 1.94. The van der Waals surface area contributed by atoms with Crippen LogP contribution in [0.2, 0.25) is 0 Å². The highest BCUT2D eigenvalue weighted by Gasteiger charge is 2.38. The number of carboxylic acids is 1. The van der Waals surface area contributed by atoms with Gasteiger partial charge in [-0.15, -0.1) is 11.3 Å². The predicted octanol–water partition coefficient (Wildman–Crippen LogP) is 4.40. The van der Waals surface area contributed by atoms with Gasteiger partial charge in [0.1, 0.15) is 0 Å². The lowest BCUT2D eigenvalue weighted by molar-refractivity contribution is -0.384. The van der Waals surface area contributed by atoms with E-state index in [1.165, 1.54) is 41.4 Å². The largest absolute Gasteiger partial charge is 0.478 e. The first kappa shape index (κ1) is 24.9. The summed E-state index contributed by atoms with van der Waals surface area (Å²) in [4.78, 5) is 52.1. The molecule has 0 fully saturated rings. The van der Waals surface area contributed by atoms with Gasteiger partial charge in [-0.2, -0.15) is 0 Å².